The molecule has 2 aromatic rings. The molecule has 3 rings (SSSR count). The lowest BCUT2D eigenvalue weighted by atomic mass is 10.1. The second-order valence-corrected chi connectivity index (χ2v) is 5.00. The van der Waals surface area contributed by atoms with Crippen LogP contribution < -0.4 is 9.64 Å². The Balaban J connectivity index is 1.73. The molecule has 5 nitrogen and oxygen atoms in total. The van der Waals surface area contributed by atoms with Crippen LogP contribution in [0.2, 0.25) is 0 Å². The number of nitrogens with zero attached hydrogens (tertiary/aromatic N) is 4. The summed E-state index contributed by atoms with van der Waals surface area (Å²) in [7, 11) is 0. The Labute approximate surface area is 123 Å². The van der Waals surface area contributed by atoms with Crippen LogP contribution in [0, 0.1) is 11.3 Å². The third-order valence-corrected chi connectivity index (χ3v) is 3.55. The molecule has 21 heavy (non-hydrogen) atoms. The van der Waals surface area contributed by atoms with Crippen LogP contribution >= 0.6 is 0 Å². The summed E-state index contributed by atoms with van der Waals surface area (Å²) in [5.74, 6) is 0.788. The molecule has 1 unspecified atom stereocenters. The van der Waals surface area contributed by atoms with Crippen molar-refractivity contribution >= 4 is 5.69 Å². The number of pyridine rings is 2. The molecular formula is C16H16N4O. The third-order valence-electron chi connectivity index (χ3n) is 3.55. The number of hydrogen-bond donors (Lipinski definition) is 0. The van der Waals surface area contributed by atoms with Gasteiger partial charge in [0.15, 0.2) is 5.69 Å². The number of piperidine rings is 1. The lowest BCUT2D eigenvalue weighted by Crippen LogP contribution is -2.41. The van der Waals surface area contributed by atoms with Gasteiger partial charge in [-0.2, -0.15) is 5.26 Å². The molecule has 0 aromatic carbocycles. The van der Waals surface area contributed by atoms with Gasteiger partial charge in [0.1, 0.15) is 17.9 Å². The molecule has 1 fully saturated rings. The molecule has 1 aliphatic rings. The second kappa shape index (κ2) is 6.23. The van der Waals surface area contributed by atoms with Crippen LogP contribution in [0.25, 0.3) is 0 Å². The van der Waals surface area contributed by atoms with Gasteiger partial charge in [-0.15, -0.1) is 0 Å². The van der Waals surface area contributed by atoms with Crippen LogP contribution in [0.3, 0.4) is 0 Å². The molecule has 1 atom stereocenters. The summed E-state index contributed by atoms with van der Waals surface area (Å²) in [5.41, 5.74) is 1.36. The van der Waals surface area contributed by atoms with Gasteiger partial charge in [0, 0.05) is 18.9 Å². The minimum absolute atomic E-state index is 0.106. The summed E-state index contributed by atoms with van der Waals surface area (Å²) < 4.78 is 5.97. The Morgan fingerprint density at radius 2 is 2.19 bits per heavy atom. The molecule has 0 aliphatic carbocycles. The minimum atomic E-state index is 0.106. The number of hydrogen-bond acceptors (Lipinski definition) is 5. The van der Waals surface area contributed by atoms with Gasteiger partial charge in [0.05, 0.1) is 18.4 Å². The standard InChI is InChI=1S/C16H16N4O/c17-10-15-16(6-2-8-19-15)20-9-3-5-14(12-20)21-13-4-1-7-18-11-13/h1-2,4,6-8,11,14H,3,5,9,12H2. The molecule has 106 valence electrons. The zero-order chi connectivity index (χ0) is 14.5. The zero-order valence-corrected chi connectivity index (χ0v) is 11.6. The Hall–Kier alpha value is -2.61. The normalized spacial score (nSPS) is 18.0. The lowest BCUT2D eigenvalue weighted by molar-refractivity contribution is 0.178. The van der Waals surface area contributed by atoms with Crippen LogP contribution in [-0.2, 0) is 0 Å². The average molecular weight is 280 g/mol. The summed E-state index contributed by atoms with van der Waals surface area (Å²) in [6.45, 7) is 1.68. The van der Waals surface area contributed by atoms with E-state index in [1.54, 1.807) is 18.6 Å². The predicted octanol–water partition coefficient (Wildman–Crippen LogP) is 2.40. The van der Waals surface area contributed by atoms with Gasteiger partial charge in [-0.1, -0.05) is 0 Å². The Morgan fingerprint density at radius 1 is 1.29 bits per heavy atom. The van der Waals surface area contributed by atoms with Crippen LogP contribution in [0.5, 0.6) is 5.75 Å². The molecule has 3 heterocycles. The highest BCUT2D eigenvalue weighted by molar-refractivity contribution is 5.56. The maximum Gasteiger partial charge on any atom is 0.163 e. The smallest absolute Gasteiger partial charge is 0.163 e. The summed E-state index contributed by atoms with van der Waals surface area (Å²) >= 11 is 0. The van der Waals surface area contributed by atoms with E-state index in [-0.39, 0.29) is 6.10 Å². The number of aromatic nitrogens is 2. The first-order valence-corrected chi connectivity index (χ1v) is 7.03. The van der Waals surface area contributed by atoms with Crippen LogP contribution in [0.15, 0.2) is 42.9 Å². The van der Waals surface area contributed by atoms with E-state index in [1.807, 2.05) is 24.3 Å². The van der Waals surface area contributed by atoms with Crippen molar-refractivity contribution in [2.45, 2.75) is 18.9 Å². The van der Waals surface area contributed by atoms with Gasteiger partial charge >= 0.3 is 0 Å². The molecule has 0 saturated carbocycles. The fraction of sp³-hybridized carbons (Fsp3) is 0.312. The van der Waals surface area contributed by atoms with E-state index in [9.17, 15) is 5.26 Å². The monoisotopic (exact) mass is 280 g/mol. The summed E-state index contributed by atoms with van der Waals surface area (Å²) in [5, 5.41) is 9.17. The maximum atomic E-state index is 9.17. The van der Waals surface area contributed by atoms with E-state index in [0.29, 0.717) is 5.69 Å². The van der Waals surface area contributed by atoms with E-state index >= 15 is 0 Å². The highest BCUT2D eigenvalue weighted by Gasteiger charge is 2.23. The van der Waals surface area contributed by atoms with Crippen LogP contribution in [0.4, 0.5) is 5.69 Å². The SMILES string of the molecule is N#Cc1ncccc1N1CCCC(Oc2cccnc2)C1. The first-order chi connectivity index (χ1) is 10.4. The number of nitriles is 1. The van der Waals surface area contributed by atoms with Crippen molar-refractivity contribution in [2.75, 3.05) is 18.0 Å². The zero-order valence-electron chi connectivity index (χ0n) is 11.6. The summed E-state index contributed by atoms with van der Waals surface area (Å²) in [4.78, 5) is 10.4. The number of anilines is 1. The molecule has 0 radical (unpaired) electrons. The van der Waals surface area contributed by atoms with Crippen molar-refractivity contribution in [3.63, 3.8) is 0 Å². The van der Waals surface area contributed by atoms with Gasteiger partial charge in [-0.3, -0.25) is 4.98 Å². The highest BCUT2D eigenvalue weighted by Crippen LogP contribution is 2.24. The van der Waals surface area contributed by atoms with Crippen LogP contribution in [0.1, 0.15) is 18.5 Å². The van der Waals surface area contributed by atoms with Crippen molar-refractivity contribution in [2.24, 2.45) is 0 Å². The first kappa shape index (κ1) is 13.4. The van der Waals surface area contributed by atoms with Crippen molar-refractivity contribution in [3.05, 3.63) is 48.5 Å². The Bertz CT molecular complexity index is 638. The van der Waals surface area contributed by atoms with Crippen LogP contribution in [-0.4, -0.2) is 29.2 Å². The fourth-order valence-corrected chi connectivity index (χ4v) is 2.60. The van der Waals surface area contributed by atoms with Gasteiger partial charge in [-0.05, 0) is 37.1 Å². The van der Waals surface area contributed by atoms with Crippen molar-refractivity contribution in [3.8, 4) is 11.8 Å². The summed E-state index contributed by atoms with van der Waals surface area (Å²) in [6.07, 6.45) is 7.25. The van der Waals surface area contributed by atoms with E-state index in [4.69, 9.17) is 4.74 Å². The maximum absolute atomic E-state index is 9.17. The lowest BCUT2D eigenvalue weighted by Gasteiger charge is -2.34. The van der Waals surface area contributed by atoms with Gasteiger partial charge in [-0.25, -0.2) is 4.98 Å². The van der Waals surface area contributed by atoms with E-state index in [1.165, 1.54) is 0 Å². The first-order valence-electron chi connectivity index (χ1n) is 7.03. The fourth-order valence-electron chi connectivity index (χ4n) is 2.60. The number of rotatable bonds is 3. The molecule has 1 saturated heterocycles. The highest BCUT2D eigenvalue weighted by atomic mass is 16.5. The average Bonchev–Trinajstić information content (AvgIpc) is 2.56. The Morgan fingerprint density at radius 3 is 3.00 bits per heavy atom. The number of ether oxygens (including phenoxy) is 1. The van der Waals surface area contributed by atoms with E-state index in [2.05, 4.69) is 20.9 Å². The van der Waals surface area contributed by atoms with Crippen molar-refractivity contribution in [1.29, 1.82) is 5.26 Å². The molecule has 0 amide bonds. The Kier molecular flexibility index (Phi) is 3.97. The topological polar surface area (TPSA) is 62.0 Å². The molecule has 5 heteroatoms. The van der Waals surface area contributed by atoms with E-state index in [0.717, 1.165) is 37.4 Å². The van der Waals surface area contributed by atoms with Crippen molar-refractivity contribution in [1.82, 2.24) is 9.97 Å². The molecule has 0 bridgehead atoms. The largest absolute Gasteiger partial charge is 0.487 e. The second-order valence-electron chi connectivity index (χ2n) is 5.00. The minimum Gasteiger partial charge on any atom is -0.487 e. The molecule has 1 aliphatic heterocycles. The van der Waals surface area contributed by atoms with Gasteiger partial charge < -0.3 is 9.64 Å². The molecule has 0 N–H and O–H groups in total. The van der Waals surface area contributed by atoms with Crippen molar-refractivity contribution < 1.29 is 4.74 Å². The molecular weight excluding hydrogens is 264 g/mol. The quantitative estimate of drug-likeness (QED) is 0.864. The molecule has 2 aromatic heterocycles. The summed E-state index contributed by atoms with van der Waals surface area (Å²) in [6, 6.07) is 9.74. The van der Waals surface area contributed by atoms with E-state index < -0.39 is 0 Å². The van der Waals surface area contributed by atoms with Gasteiger partial charge in [0.2, 0.25) is 0 Å². The molecule has 0 spiro atoms. The third kappa shape index (κ3) is 3.11. The predicted molar refractivity (Wildman–Crippen MR) is 79.1 cm³/mol. The van der Waals surface area contributed by atoms with Gasteiger partial charge in [0.25, 0.3) is 0 Å².